The number of hydrogen-bond acceptors (Lipinski definition) is 3. The van der Waals surface area contributed by atoms with Crippen LogP contribution in [-0.2, 0) is 19.5 Å². The van der Waals surface area contributed by atoms with E-state index in [1.165, 1.54) is 35.1 Å². The Morgan fingerprint density at radius 3 is 2.79 bits per heavy atom. The SMILES string of the molecule is CCc1nn(CC)c(CNC2CCC(SC)C2)c1Br. The van der Waals surface area contributed by atoms with E-state index in [-0.39, 0.29) is 0 Å². The van der Waals surface area contributed by atoms with Gasteiger partial charge in [0.15, 0.2) is 0 Å². The summed E-state index contributed by atoms with van der Waals surface area (Å²) in [5, 5.41) is 9.21. The summed E-state index contributed by atoms with van der Waals surface area (Å²) in [6.07, 6.45) is 7.18. The van der Waals surface area contributed by atoms with Crippen LogP contribution in [0.3, 0.4) is 0 Å². The highest BCUT2D eigenvalue weighted by atomic mass is 79.9. The highest BCUT2D eigenvalue weighted by molar-refractivity contribution is 9.10. The number of aryl methyl sites for hydroxylation is 2. The highest BCUT2D eigenvalue weighted by Crippen LogP contribution is 2.29. The average molecular weight is 346 g/mol. The second-order valence-electron chi connectivity index (χ2n) is 5.13. The Labute approximate surface area is 129 Å². The summed E-state index contributed by atoms with van der Waals surface area (Å²) in [6.45, 7) is 6.17. The molecule has 1 aromatic rings. The van der Waals surface area contributed by atoms with Gasteiger partial charge in [-0.15, -0.1) is 0 Å². The normalized spacial score (nSPS) is 23.2. The van der Waals surface area contributed by atoms with Crippen LogP contribution in [0.1, 0.15) is 44.5 Å². The third kappa shape index (κ3) is 3.56. The minimum atomic E-state index is 0.676. The fourth-order valence-electron chi connectivity index (χ4n) is 2.77. The van der Waals surface area contributed by atoms with Gasteiger partial charge in [-0.2, -0.15) is 16.9 Å². The lowest BCUT2D eigenvalue weighted by Gasteiger charge is -2.13. The van der Waals surface area contributed by atoms with E-state index >= 15 is 0 Å². The molecule has 3 nitrogen and oxygen atoms in total. The lowest BCUT2D eigenvalue weighted by Crippen LogP contribution is -2.27. The molecule has 5 heteroatoms. The van der Waals surface area contributed by atoms with E-state index in [4.69, 9.17) is 0 Å². The predicted molar refractivity (Wildman–Crippen MR) is 86.8 cm³/mol. The van der Waals surface area contributed by atoms with Crippen molar-refractivity contribution in [2.45, 2.75) is 63.9 Å². The molecule has 0 amide bonds. The van der Waals surface area contributed by atoms with Gasteiger partial charge in [-0.3, -0.25) is 4.68 Å². The van der Waals surface area contributed by atoms with Crippen LogP contribution in [0, 0.1) is 0 Å². The van der Waals surface area contributed by atoms with Gasteiger partial charge in [-0.25, -0.2) is 0 Å². The van der Waals surface area contributed by atoms with Crippen molar-refractivity contribution in [2.24, 2.45) is 0 Å². The van der Waals surface area contributed by atoms with Gasteiger partial charge in [0, 0.05) is 24.4 Å². The topological polar surface area (TPSA) is 29.9 Å². The Morgan fingerprint density at radius 1 is 1.42 bits per heavy atom. The first-order valence-corrected chi connectivity index (χ1v) is 9.27. The number of hydrogen-bond donors (Lipinski definition) is 1. The zero-order valence-electron chi connectivity index (χ0n) is 12.1. The van der Waals surface area contributed by atoms with Gasteiger partial charge in [0.25, 0.3) is 0 Å². The number of aromatic nitrogens is 2. The summed E-state index contributed by atoms with van der Waals surface area (Å²) in [4.78, 5) is 0. The highest BCUT2D eigenvalue weighted by Gasteiger charge is 2.24. The van der Waals surface area contributed by atoms with Crippen molar-refractivity contribution >= 4 is 27.7 Å². The largest absolute Gasteiger partial charge is 0.308 e. The molecular formula is C14H24BrN3S. The van der Waals surface area contributed by atoms with Crippen molar-refractivity contribution < 1.29 is 0 Å². The van der Waals surface area contributed by atoms with E-state index in [2.05, 4.69) is 51.1 Å². The minimum Gasteiger partial charge on any atom is -0.308 e. The second-order valence-corrected chi connectivity index (χ2v) is 7.06. The molecule has 2 unspecified atom stereocenters. The van der Waals surface area contributed by atoms with Crippen molar-refractivity contribution in [3.05, 3.63) is 15.9 Å². The van der Waals surface area contributed by atoms with Crippen LogP contribution in [0.4, 0.5) is 0 Å². The first-order valence-electron chi connectivity index (χ1n) is 7.19. The lowest BCUT2D eigenvalue weighted by atomic mass is 10.2. The van der Waals surface area contributed by atoms with Crippen molar-refractivity contribution in [2.75, 3.05) is 6.26 Å². The second kappa shape index (κ2) is 7.14. The summed E-state index contributed by atoms with van der Waals surface area (Å²) in [5.41, 5.74) is 2.47. The van der Waals surface area contributed by atoms with Crippen LogP contribution in [0.25, 0.3) is 0 Å². The number of nitrogens with one attached hydrogen (secondary N) is 1. The van der Waals surface area contributed by atoms with Crippen molar-refractivity contribution in [1.82, 2.24) is 15.1 Å². The fourth-order valence-corrected chi connectivity index (χ4v) is 4.27. The Balaban J connectivity index is 1.97. The van der Waals surface area contributed by atoms with E-state index in [1.807, 2.05) is 11.8 Å². The van der Waals surface area contributed by atoms with E-state index in [1.54, 1.807) is 0 Å². The maximum Gasteiger partial charge on any atom is 0.0767 e. The molecule has 0 spiro atoms. The van der Waals surface area contributed by atoms with Crippen LogP contribution in [0.15, 0.2) is 4.47 Å². The molecule has 0 saturated heterocycles. The predicted octanol–water partition coefficient (Wildman–Crippen LogP) is 3.60. The van der Waals surface area contributed by atoms with Crippen LogP contribution >= 0.6 is 27.7 Å². The molecule has 1 aliphatic carbocycles. The summed E-state index contributed by atoms with van der Waals surface area (Å²) < 4.78 is 3.32. The summed E-state index contributed by atoms with van der Waals surface area (Å²) in [6, 6.07) is 0.676. The van der Waals surface area contributed by atoms with Gasteiger partial charge >= 0.3 is 0 Å². The molecule has 0 aliphatic heterocycles. The van der Waals surface area contributed by atoms with Gasteiger partial charge in [-0.1, -0.05) is 6.92 Å². The molecule has 2 atom stereocenters. The lowest BCUT2D eigenvalue weighted by molar-refractivity contribution is 0.498. The van der Waals surface area contributed by atoms with Crippen LogP contribution in [0.2, 0.25) is 0 Å². The summed E-state index contributed by atoms with van der Waals surface area (Å²) >= 11 is 5.72. The van der Waals surface area contributed by atoms with E-state index in [0.717, 1.165) is 24.8 Å². The molecule has 1 aromatic heterocycles. The zero-order chi connectivity index (χ0) is 13.8. The zero-order valence-corrected chi connectivity index (χ0v) is 14.5. The maximum atomic E-state index is 4.65. The van der Waals surface area contributed by atoms with Gasteiger partial charge < -0.3 is 5.32 Å². The van der Waals surface area contributed by atoms with E-state index in [9.17, 15) is 0 Å². The molecule has 1 saturated carbocycles. The Bertz CT molecular complexity index is 419. The third-order valence-electron chi connectivity index (χ3n) is 3.97. The third-order valence-corrected chi connectivity index (χ3v) is 5.98. The molecule has 0 aromatic carbocycles. The molecule has 108 valence electrons. The first-order chi connectivity index (χ1) is 9.19. The van der Waals surface area contributed by atoms with Crippen LogP contribution in [-0.4, -0.2) is 27.3 Å². The maximum absolute atomic E-state index is 4.65. The molecule has 0 radical (unpaired) electrons. The van der Waals surface area contributed by atoms with Crippen molar-refractivity contribution in [3.63, 3.8) is 0 Å². The summed E-state index contributed by atoms with van der Waals surface area (Å²) in [7, 11) is 0. The number of thioether (sulfide) groups is 1. The molecule has 1 N–H and O–H groups in total. The fraction of sp³-hybridized carbons (Fsp3) is 0.786. The van der Waals surface area contributed by atoms with Gasteiger partial charge in [0.05, 0.1) is 15.9 Å². The molecule has 1 aliphatic rings. The van der Waals surface area contributed by atoms with E-state index < -0.39 is 0 Å². The summed E-state index contributed by atoms with van der Waals surface area (Å²) in [5.74, 6) is 0. The number of rotatable bonds is 6. The molecule has 0 bridgehead atoms. The standard InChI is InChI=1S/C14H24BrN3S/c1-4-12-14(15)13(18(5-2)17-12)9-16-10-6-7-11(8-10)19-3/h10-11,16H,4-9H2,1-3H3. The van der Waals surface area contributed by atoms with Gasteiger partial charge in [-0.05, 0) is 54.8 Å². The molecule has 2 rings (SSSR count). The molecule has 19 heavy (non-hydrogen) atoms. The Kier molecular flexibility index (Phi) is 5.78. The first kappa shape index (κ1) is 15.4. The van der Waals surface area contributed by atoms with Gasteiger partial charge in [0.1, 0.15) is 0 Å². The average Bonchev–Trinajstić information content (AvgIpc) is 3.00. The van der Waals surface area contributed by atoms with Crippen LogP contribution < -0.4 is 5.32 Å². The number of halogens is 1. The smallest absolute Gasteiger partial charge is 0.0767 e. The van der Waals surface area contributed by atoms with Crippen molar-refractivity contribution in [3.8, 4) is 0 Å². The van der Waals surface area contributed by atoms with Gasteiger partial charge in [0.2, 0.25) is 0 Å². The quantitative estimate of drug-likeness (QED) is 0.854. The van der Waals surface area contributed by atoms with Crippen molar-refractivity contribution in [1.29, 1.82) is 0 Å². The molecule has 1 fully saturated rings. The minimum absolute atomic E-state index is 0.676. The Morgan fingerprint density at radius 2 is 2.21 bits per heavy atom. The number of nitrogens with zero attached hydrogens (tertiary/aromatic N) is 2. The Hall–Kier alpha value is -0.000000000000000111. The molecular weight excluding hydrogens is 322 g/mol. The monoisotopic (exact) mass is 345 g/mol. The van der Waals surface area contributed by atoms with Crippen LogP contribution in [0.5, 0.6) is 0 Å². The molecule has 1 heterocycles. The van der Waals surface area contributed by atoms with E-state index in [0.29, 0.717) is 6.04 Å².